The quantitative estimate of drug-likeness (QED) is 0.399. The molecule has 0 aliphatic heterocycles. The summed E-state index contributed by atoms with van der Waals surface area (Å²) < 4.78 is 0. The number of fused-ring (bicyclic) bond motifs is 1. The Morgan fingerprint density at radius 2 is 2.08 bits per heavy atom. The SMILES string of the molecule is [B]NC(=O)c1cc(CCCCc2cc3c(=O)[nH]c(N)nc3[nH]2)cs1. The molecule has 9 heteroatoms. The van der Waals surface area contributed by atoms with Crippen LogP contribution < -0.4 is 16.5 Å². The number of hydrogen-bond acceptors (Lipinski definition) is 5. The van der Waals surface area contributed by atoms with Gasteiger partial charge in [-0.3, -0.25) is 14.6 Å². The summed E-state index contributed by atoms with van der Waals surface area (Å²) >= 11 is 1.39. The highest BCUT2D eigenvalue weighted by Gasteiger charge is 2.08. The van der Waals surface area contributed by atoms with Crippen LogP contribution in [0.25, 0.3) is 11.0 Å². The van der Waals surface area contributed by atoms with Gasteiger partial charge < -0.3 is 15.9 Å². The number of nitrogens with one attached hydrogen (secondary N) is 3. The van der Waals surface area contributed by atoms with E-state index in [0.29, 0.717) is 15.9 Å². The summed E-state index contributed by atoms with van der Waals surface area (Å²) in [5.41, 5.74) is 7.90. The van der Waals surface area contributed by atoms with Crippen LogP contribution >= 0.6 is 11.3 Å². The monoisotopic (exact) mass is 341 g/mol. The molecule has 0 unspecified atom stereocenters. The average Bonchev–Trinajstić information content (AvgIpc) is 3.17. The van der Waals surface area contributed by atoms with Gasteiger partial charge in [-0.1, -0.05) is 0 Å². The summed E-state index contributed by atoms with van der Waals surface area (Å²) in [6.07, 6.45) is 3.63. The van der Waals surface area contributed by atoms with Crippen LogP contribution in [0, 0.1) is 0 Å². The van der Waals surface area contributed by atoms with Crippen molar-refractivity contribution < 1.29 is 4.79 Å². The summed E-state index contributed by atoms with van der Waals surface area (Å²) in [5, 5.41) is 4.62. The first kappa shape index (κ1) is 16.3. The van der Waals surface area contributed by atoms with Crippen molar-refractivity contribution in [2.24, 2.45) is 0 Å². The van der Waals surface area contributed by atoms with Crippen LogP contribution in [-0.4, -0.2) is 28.8 Å². The van der Waals surface area contributed by atoms with Crippen molar-refractivity contribution >= 4 is 42.2 Å². The minimum Gasteiger partial charge on any atom is -0.404 e. The first-order valence-corrected chi connectivity index (χ1v) is 8.40. The van der Waals surface area contributed by atoms with Crippen molar-refractivity contribution in [1.82, 2.24) is 20.2 Å². The zero-order valence-electron chi connectivity index (χ0n) is 12.9. The summed E-state index contributed by atoms with van der Waals surface area (Å²) in [7, 11) is 5.12. The lowest BCUT2D eigenvalue weighted by molar-refractivity contribution is 0.0985. The Kier molecular flexibility index (Phi) is 4.70. The third-order valence-electron chi connectivity index (χ3n) is 3.74. The predicted molar refractivity (Wildman–Crippen MR) is 95.3 cm³/mol. The minimum absolute atomic E-state index is 0.107. The van der Waals surface area contributed by atoms with Crippen LogP contribution in [0.4, 0.5) is 5.95 Å². The molecule has 0 saturated carbocycles. The van der Waals surface area contributed by atoms with Gasteiger partial charge in [0.15, 0.2) is 0 Å². The molecule has 0 aliphatic rings. The number of thiophene rings is 1. The lowest BCUT2D eigenvalue weighted by Crippen LogP contribution is -2.18. The van der Waals surface area contributed by atoms with Gasteiger partial charge in [0, 0.05) is 5.69 Å². The average molecular weight is 341 g/mol. The Hall–Kier alpha value is -2.55. The number of anilines is 1. The highest BCUT2D eigenvalue weighted by atomic mass is 32.1. The van der Waals surface area contributed by atoms with Crippen molar-refractivity contribution in [3.63, 3.8) is 0 Å². The first-order valence-electron chi connectivity index (χ1n) is 7.52. The van der Waals surface area contributed by atoms with Gasteiger partial charge in [0.2, 0.25) is 19.8 Å². The van der Waals surface area contributed by atoms with Crippen LogP contribution in [0.5, 0.6) is 0 Å². The molecule has 122 valence electrons. The summed E-state index contributed by atoms with van der Waals surface area (Å²) in [6, 6.07) is 3.68. The third-order valence-corrected chi connectivity index (χ3v) is 4.72. The molecular formula is C15H16BN5O2S. The molecule has 0 atom stereocenters. The minimum atomic E-state index is -0.263. The Morgan fingerprint density at radius 1 is 1.29 bits per heavy atom. The van der Waals surface area contributed by atoms with Crippen LogP contribution in [-0.2, 0) is 12.8 Å². The number of carbonyl (C=O) groups excluding carboxylic acids is 1. The number of aryl methyl sites for hydroxylation is 2. The maximum atomic E-state index is 11.8. The fourth-order valence-corrected chi connectivity index (χ4v) is 3.42. The van der Waals surface area contributed by atoms with Gasteiger partial charge in [-0.15, -0.1) is 11.3 Å². The number of H-pyrrole nitrogens is 2. The molecule has 1 amide bonds. The van der Waals surface area contributed by atoms with E-state index in [0.717, 1.165) is 36.9 Å². The largest absolute Gasteiger partial charge is 0.404 e. The van der Waals surface area contributed by atoms with Gasteiger partial charge in [0.05, 0.1) is 10.3 Å². The molecule has 7 nitrogen and oxygen atoms in total. The number of aromatic nitrogens is 3. The molecular weight excluding hydrogens is 325 g/mol. The van der Waals surface area contributed by atoms with Gasteiger partial charge >= 0.3 is 0 Å². The van der Waals surface area contributed by atoms with Crippen molar-refractivity contribution in [2.45, 2.75) is 25.7 Å². The normalized spacial score (nSPS) is 11.0. The van der Waals surface area contributed by atoms with Crippen molar-refractivity contribution in [3.8, 4) is 0 Å². The molecule has 0 fully saturated rings. The number of hydrogen-bond donors (Lipinski definition) is 4. The van der Waals surface area contributed by atoms with Gasteiger partial charge in [-0.2, -0.15) is 4.98 Å². The first-order chi connectivity index (χ1) is 11.6. The number of nitrogen functional groups attached to an aromatic ring is 1. The molecule has 0 spiro atoms. The van der Waals surface area contributed by atoms with E-state index in [4.69, 9.17) is 13.7 Å². The van der Waals surface area contributed by atoms with Gasteiger partial charge in [-0.25, -0.2) is 0 Å². The van der Waals surface area contributed by atoms with E-state index in [1.54, 1.807) is 0 Å². The Labute approximate surface area is 143 Å². The van der Waals surface area contributed by atoms with E-state index in [9.17, 15) is 9.59 Å². The number of nitrogens with zero attached hydrogens (tertiary/aromatic N) is 1. The predicted octanol–water partition coefficient (Wildman–Crippen LogP) is 1.27. The zero-order chi connectivity index (χ0) is 17.1. The number of amides is 1. The van der Waals surface area contributed by atoms with Crippen LogP contribution in [0.15, 0.2) is 22.3 Å². The number of aromatic amines is 2. The van der Waals surface area contributed by atoms with E-state index >= 15 is 0 Å². The Bertz CT molecular complexity index is 929. The van der Waals surface area contributed by atoms with Crippen molar-refractivity contribution in [1.29, 1.82) is 0 Å². The van der Waals surface area contributed by atoms with Crippen LogP contribution in [0.1, 0.15) is 33.8 Å². The molecule has 0 aliphatic carbocycles. The molecule has 3 heterocycles. The molecule has 5 N–H and O–H groups in total. The highest BCUT2D eigenvalue weighted by molar-refractivity contribution is 7.12. The molecule has 24 heavy (non-hydrogen) atoms. The maximum Gasteiger partial charge on any atom is 0.261 e. The summed E-state index contributed by atoms with van der Waals surface area (Å²) in [6.45, 7) is 0. The van der Waals surface area contributed by atoms with E-state index in [1.807, 2.05) is 17.5 Å². The zero-order valence-corrected chi connectivity index (χ0v) is 13.7. The maximum absolute atomic E-state index is 11.8. The number of carbonyl (C=O) groups is 1. The van der Waals surface area contributed by atoms with E-state index in [1.165, 1.54) is 11.3 Å². The van der Waals surface area contributed by atoms with Crippen molar-refractivity contribution in [3.05, 3.63) is 44.0 Å². The molecule has 3 rings (SSSR count). The molecule has 3 aromatic rings. The molecule has 0 aromatic carbocycles. The second-order valence-electron chi connectivity index (χ2n) is 5.51. The number of unbranched alkanes of at least 4 members (excludes halogenated alkanes) is 1. The van der Waals surface area contributed by atoms with E-state index in [2.05, 4.69) is 20.2 Å². The summed E-state index contributed by atoms with van der Waals surface area (Å²) in [4.78, 5) is 33.5. The van der Waals surface area contributed by atoms with Gasteiger partial charge in [0.1, 0.15) is 5.65 Å². The smallest absolute Gasteiger partial charge is 0.261 e. The fraction of sp³-hybridized carbons (Fsp3) is 0.267. The molecule has 3 aromatic heterocycles. The van der Waals surface area contributed by atoms with E-state index < -0.39 is 0 Å². The number of rotatable bonds is 6. The highest BCUT2D eigenvalue weighted by Crippen LogP contribution is 2.18. The lowest BCUT2D eigenvalue weighted by Gasteiger charge is -1.98. The molecule has 0 saturated heterocycles. The van der Waals surface area contributed by atoms with Gasteiger partial charge in [0.25, 0.3) is 5.56 Å². The second-order valence-corrected chi connectivity index (χ2v) is 6.42. The fourth-order valence-electron chi connectivity index (χ4n) is 2.57. The van der Waals surface area contributed by atoms with E-state index in [-0.39, 0.29) is 17.4 Å². The third kappa shape index (κ3) is 3.51. The second kappa shape index (κ2) is 6.92. The molecule has 0 bridgehead atoms. The van der Waals surface area contributed by atoms with Crippen LogP contribution in [0.2, 0.25) is 0 Å². The summed E-state index contributed by atoms with van der Waals surface area (Å²) in [5.74, 6) is -0.156. The standard InChI is InChI=1S/C15H16BN5O2S/c16-21-14(23)11-5-8(7-24-11)3-1-2-4-9-6-10-12(18-9)19-15(17)20-13(10)22/h5-7H,1-4H2,(H,21,23)(H4,17,18,19,20,22). The van der Waals surface area contributed by atoms with Crippen LogP contribution in [0.3, 0.4) is 0 Å². The Balaban J connectivity index is 1.55. The lowest BCUT2D eigenvalue weighted by atomic mass is 10.1. The van der Waals surface area contributed by atoms with Crippen molar-refractivity contribution in [2.75, 3.05) is 5.73 Å². The number of nitrogens with two attached hydrogens (primary N) is 1. The Morgan fingerprint density at radius 3 is 2.88 bits per heavy atom. The topological polar surface area (TPSA) is 117 Å². The molecule has 2 radical (unpaired) electrons. The van der Waals surface area contributed by atoms with Gasteiger partial charge in [-0.05, 0) is 48.8 Å².